The van der Waals surface area contributed by atoms with Crippen molar-refractivity contribution in [1.82, 2.24) is 0 Å². The molecule has 0 radical (unpaired) electrons. The molecule has 44 heavy (non-hydrogen) atoms. The summed E-state index contributed by atoms with van der Waals surface area (Å²) in [6.45, 7) is 20.7. The molecule has 4 aliphatic carbocycles. The minimum atomic E-state index is -0.312. The predicted molar refractivity (Wildman–Crippen MR) is 180 cm³/mol. The standard InChI is InChI=1S/C40H58O4/c1-8-21-42-32-23-29(24-33(26-32)43-22-9-2)38(41)44-31-17-19-39(6)30(25-31)13-14-34-36-16-15-35(28(5)12-10-11-27(3)4)40(36,7)20-18-37(34)39/h8-9,13,23-24,26-28,31,34-37H,1-2,10-12,14-22,25H2,3-7H3/t28-,31?,34+,35-,36+,37+,39+,40-/m1/s1. The van der Waals surface area contributed by atoms with Crippen LogP contribution in [0.15, 0.2) is 55.2 Å². The fourth-order valence-corrected chi connectivity index (χ4v) is 10.1. The highest BCUT2D eigenvalue weighted by Gasteiger charge is 2.59. The normalized spacial score (nSPS) is 33.3. The van der Waals surface area contributed by atoms with Crippen LogP contribution in [0, 0.1) is 46.3 Å². The third-order valence-electron chi connectivity index (χ3n) is 12.4. The van der Waals surface area contributed by atoms with Crippen LogP contribution in [0.3, 0.4) is 0 Å². The van der Waals surface area contributed by atoms with Gasteiger partial charge in [0.15, 0.2) is 0 Å². The number of rotatable bonds is 13. The van der Waals surface area contributed by atoms with Gasteiger partial charge in [0.05, 0.1) is 5.56 Å². The van der Waals surface area contributed by atoms with Gasteiger partial charge in [-0.2, -0.15) is 0 Å². The van der Waals surface area contributed by atoms with Crippen molar-refractivity contribution in [3.8, 4) is 11.5 Å². The zero-order valence-electron chi connectivity index (χ0n) is 28.2. The number of benzene rings is 1. The number of carbonyl (C=O) groups is 1. The number of carbonyl (C=O) groups excluding carboxylic acids is 1. The molecule has 3 saturated carbocycles. The molecule has 8 atom stereocenters. The van der Waals surface area contributed by atoms with E-state index in [-0.39, 0.29) is 17.5 Å². The highest BCUT2D eigenvalue weighted by atomic mass is 16.5. The lowest BCUT2D eigenvalue weighted by Gasteiger charge is -2.58. The Hall–Kier alpha value is -2.49. The average Bonchev–Trinajstić information content (AvgIpc) is 3.36. The fourth-order valence-electron chi connectivity index (χ4n) is 10.1. The van der Waals surface area contributed by atoms with Crippen LogP contribution in [0.4, 0.5) is 0 Å². The molecular weight excluding hydrogens is 544 g/mol. The van der Waals surface area contributed by atoms with Gasteiger partial charge in [-0.1, -0.05) is 90.8 Å². The van der Waals surface area contributed by atoms with Crippen molar-refractivity contribution in [1.29, 1.82) is 0 Å². The van der Waals surface area contributed by atoms with Crippen LogP contribution >= 0.6 is 0 Å². The SMILES string of the molecule is C=CCOc1cc(OCC=C)cc(C(=O)OC2CC[C@@]3(C)C(=CC[C@H]4[C@@H]5CC[C@H]([C@H](C)CCCC(C)C)[C@@]5(C)CC[C@@H]43)C2)c1. The van der Waals surface area contributed by atoms with Crippen molar-refractivity contribution in [3.63, 3.8) is 0 Å². The van der Waals surface area contributed by atoms with Crippen LogP contribution in [0.5, 0.6) is 11.5 Å². The van der Waals surface area contributed by atoms with E-state index in [1.807, 2.05) is 0 Å². The van der Waals surface area contributed by atoms with Crippen molar-refractivity contribution in [3.05, 3.63) is 60.7 Å². The molecule has 3 fully saturated rings. The molecule has 0 amide bonds. The molecule has 1 unspecified atom stereocenters. The lowest BCUT2D eigenvalue weighted by Crippen LogP contribution is -2.51. The molecule has 5 rings (SSSR count). The average molecular weight is 603 g/mol. The Morgan fingerprint density at radius 2 is 1.64 bits per heavy atom. The number of ether oxygens (including phenoxy) is 3. The molecule has 1 aromatic carbocycles. The first kappa shape index (κ1) is 32.9. The number of hydrogen-bond acceptors (Lipinski definition) is 4. The summed E-state index contributed by atoms with van der Waals surface area (Å²) in [5.74, 6) is 5.79. The van der Waals surface area contributed by atoms with Crippen LogP contribution in [0.25, 0.3) is 0 Å². The Labute approximate surface area is 267 Å². The lowest BCUT2D eigenvalue weighted by molar-refractivity contribution is -0.0594. The van der Waals surface area contributed by atoms with E-state index in [1.165, 1.54) is 51.4 Å². The number of esters is 1. The molecule has 0 bridgehead atoms. The molecule has 0 aromatic heterocycles. The van der Waals surface area contributed by atoms with E-state index in [4.69, 9.17) is 14.2 Å². The van der Waals surface area contributed by atoms with Crippen molar-refractivity contribution in [2.24, 2.45) is 46.3 Å². The van der Waals surface area contributed by atoms with Gasteiger partial charge in [-0.15, -0.1) is 0 Å². The highest BCUT2D eigenvalue weighted by molar-refractivity contribution is 5.90. The molecule has 0 N–H and O–H groups in total. The third kappa shape index (κ3) is 6.70. The van der Waals surface area contributed by atoms with Crippen LogP contribution in [0.2, 0.25) is 0 Å². The number of hydrogen-bond donors (Lipinski definition) is 0. The van der Waals surface area contributed by atoms with Crippen LogP contribution in [0.1, 0.15) is 116 Å². The zero-order valence-corrected chi connectivity index (χ0v) is 28.2. The summed E-state index contributed by atoms with van der Waals surface area (Å²) in [5.41, 5.74) is 2.74. The molecule has 4 aliphatic rings. The predicted octanol–water partition coefficient (Wildman–Crippen LogP) is 10.4. The maximum atomic E-state index is 13.4. The van der Waals surface area contributed by atoms with E-state index in [0.717, 1.165) is 54.8 Å². The first-order chi connectivity index (χ1) is 21.1. The second-order valence-corrected chi connectivity index (χ2v) is 15.5. The van der Waals surface area contributed by atoms with Crippen molar-refractivity contribution in [2.45, 2.75) is 111 Å². The summed E-state index contributed by atoms with van der Waals surface area (Å²) in [6, 6.07) is 5.26. The number of fused-ring (bicyclic) bond motifs is 5. The molecule has 242 valence electrons. The van der Waals surface area contributed by atoms with Gasteiger partial charge in [0.2, 0.25) is 0 Å². The van der Waals surface area contributed by atoms with Gasteiger partial charge in [-0.25, -0.2) is 4.79 Å². The smallest absolute Gasteiger partial charge is 0.338 e. The summed E-state index contributed by atoms with van der Waals surface area (Å²) in [6.07, 6.45) is 19.7. The zero-order chi connectivity index (χ0) is 31.5. The lowest BCUT2D eigenvalue weighted by atomic mass is 9.47. The second-order valence-electron chi connectivity index (χ2n) is 15.5. The van der Waals surface area contributed by atoms with Gasteiger partial charge in [0.25, 0.3) is 0 Å². The van der Waals surface area contributed by atoms with Crippen LogP contribution in [-0.2, 0) is 4.74 Å². The molecule has 4 nitrogen and oxygen atoms in total. The third-order valence-corrected chi connectivity index (χ3v) is 12.4. The summed E-state index contributed by atoms with van der Waals surface area (Å²) in [4.78, 5) is 13.4. The Kier molecular flexibility index (Phi) is 10.4. The first-order valence-electron chi connectivity index (χ1n) is 17.6. The second kappa shape index (κ2) is 13.9. The summed E-state index contributed by atoms with van der Waals surface area (Å²) in [7, 11) is 0. The fraction of sp³-hybridized carbons (Fsp3) is 0.675. The van der Waals surface area contributed by atoms with E-state index >= 15 is 0 Å². The van der Waals surface area contributed by atoms with E-state index in [2.05, 4.69) is 53.9 Å². The van der Waals surface area contributed by atoms with Crippen molar-refractivity contribution in [2.75, 3.05) is 13.2 Å². The van der Waals surface area contributed by atoms with E-state index in [0.29, 0.717) is 35.7 Å². The summed E-state index contributed by atoms with van der Waals surface area (Å²) < 4.78 is 17.6. The van der Waals surface area contributed by atoms with Gasteiger partial charge < -0.3 is 14.2 Å². The Bertz CT molecular complexity index is 1180. The number of allylic oxidation sites excluding steroid dienone is 1. The minimum Gasteiger partial charge on any atom is -0.489 e. The minimum absolute atomic E-state index is 0.0925. The quantitative estimate of drug-likeness (QED) is 0.166. The molecular formula is C40H58O4. The topological polar surface area (TPSA) is 44.8 Å². The summed E-state index contributed by atoms with van der Waals surface area (Å²) in [5, 5.41) is 0. The highest BCUT2D eigenvalue weighted by Crippen LogP contribution is 2.67. The van der Waals surface area contributed by atoms with Crippen molar-refractivity contribution < 1.29 is 19.0 Å². The van der Waals surface area contributed by atoms with Crippen LogP contribution in [-0.4, -0.2) is 25.3 Å². The molecule has 4 heteroatoms. The van der Waals surface area contributed by atoms with Gasteiger partial charge in [0, 0.05) is 12.5 Å². The Morgan fingerprint density at radius 1 is 0.932 bits per heavy atom. The van der Waals surface area contributed by atoms with E-state index < -0.39 is 0 Å². The van der Waals surface area contributed by atoms with Gasteiger partial charge >= 0.3 is 5.97 Å². The monoisotopic (exact) mass is 602 g/mol. The van der Waals surface area contributed by atoms with E-state index in [9.17, 15) is 4.79 Å². The Balaban J connectivity index is 1.24. The van der Waals surface area contributed by atoms with Gasteiger partial charge in [0.1, 0.15) is 30.8 Å². The van der Waals surface area contributed by atoms with E-state index in [1.54, 1.807) is 35.9 Å². The molecule has 0 spiro atoms. The van der Waals surface area contributed by atoms with Gasteiger partial charge in [-0.3, -0.25) is 0 Å². The van der Waals surface area contributed by atoms with Crippen molar-refractivity contribution >= 4 is 5.97 Å². The molecule has 0 aliphatic heterocycles. The Morgan fingerprint density at radius 3 is 2.30 bits per heavy atom. The largest absolute Gasteiger partial charge is 0.489 e. The maximum Gasteiger partial charge on any atom is 0.338 e. The molecule has 0 saturated heterocycles. The molecule has 1 aromatic rings. The first-order valence-corrected chi connectivity index (χ1v) is 17.6. The molecule has 0 heterocycles. The van der Waals surface area contributed by atoms with Gasteiger partial charge in [-0.05, 0) is 103 Å². The maximum absolute atomic E-state index is 13.4. The van der Waals surface area contributed by atoms with Crippen LogP contribution < -0.4 is 9.47 Å². The summed E-state index contributed by atoms with van der Waals surface area (Å²) >= 11 is 0.